The summed E-state index contributed by atoms with van der Waals surface area (Å²) >= 11 is 5.94. The zero-order valence-electron chi connectivity index (χ0n) is 19.8. The third kappa shape index (κ3) is 5.40. The SMILES string of the molecule is O=C(Cc1cnc(-c2ccc(Cl)cc2)[nH]c1=O)N1CCN(C(c2ccccc2)c2ccccc2)CC1. The fourth-order valence-corrected chi connectivity index (χ4v) is 4.82. The Morgan fingerprint density at radius 3 is 2.00 bits per heavy atom. The second kappa shape index (κ2) is 10.9. The van der Waals surface area contributed by atoms with Gasteiger partial charge >= 0.3 is 0 Å². The minimum atomic E-state index is -0.296. The van der Waals surface area contributed by atoms with Gasteiger partial charge in [0.25, 0.3) is 5.56 Å². The Balaban J connectivity index is 1.25. The van der Waals surface area contributed by atoms with Crippen LogP contribution in [0.2, 0.25) is 5.02 Å². The van der Waals surface area contributed by atoms with Gasteiger partial charge in [-0.3, -0.25) is 14.5 Å². The van der Waals surface area contributed by atoms with E-state index in [1.165, 1.54) is 17.3 Å². The van der Waals surface area contributed by atoms with Crippen LogP contribution < -0.4 is 5.56 Å². The van der Waals surface area contributed by atoms with Gasteiger partial charge in [0.15, 0.2) is 0 Å². The first-order chi connectivity index (χ1) is 17.6. The number of nitrogens with one attached hydrogen (secondary N) is 1. The monoisotopic (exact) mass is 498 g/mol. The van der Waals surface area contributed by atoms with Gasteiger partial charge in [-0.05, 0) is 35.4 Å². The van der Waals surface area contributed by atoms with Crippen molar-refractivity contribution in [3.05, 3.63) is 123 Å². The summed E-state index contributed by atoms with van der Waals surface area (Å²) in [5, 5.41) is 0.613. The molecular weight excluding hydrogens is 472 g/mol. The Bertz CT molecular complexity index is 1330. The lowest BCUT2D eigenvalue weighted by molar-refractivity contribution is -0.132. The standard InChI is InChI=1S/C29H27ClN4O2/c30-25-13-11-23(12-14-25)28-31-20-24(29(36)32-28)19-26(35)33-15-17-34(18-16-33)27(21-7-3-1-4-8-21)22-9-5-2-6-10-22/h1-14,20,27H,15-19H2,(H,31,32,36). The van der Waals surface area contributed by atoms with E-state index in [9.17, 15) is 9.59 Å². The highest BCUT2D eigenvalue weighted by Crippen LogP contribution is 2.29. The van der Waals surface area contributed by atoms with Crippen LogP contribution in [0, 0.1) is 0 Å². The molecule has 5 rings (SSSR count). The Morgan fingerprint density at radius 2 is 1.44 bits per heavy atom. The molecule has 4 aromatic rings. The topological polar surface area (TPSA) is 69.3 Å². The average Bonchev–Trinajstić information content (AvgIpc) is 2.92. The van der Waals surface area contributed by atoms with E-state index in [0.29, 0.717) is 29.5 Å². The maximum absolute atomic E-state index is 13.0. The highest BCUT2D eigenvalue weighted by atomic mass is 35.5. The zero-order valence-corrected chi connectivity index (χ0v) is 20.6. The van der Waals surface area contributed by atoms with Gasteiger partial charge in [0.1, 0.15) is 5.82 Å². The summed E-state index contributed by atoms with van der Waals surface area (Å²) in [5.41, 5.74) is 3.31. The number of aromatic amines is 1. The largest absolute Gasteiger partial charge is 0.340 e. The number of nitrogens with zero attached hydrogens (tertiary/aromatic N) is 3. The molecule has 1 aliphatic rings. The lowest BCUT2D eigenvalue weighted by Crippen LogP contribution is -2.50. The molecule has 1 amide bonds. The fraction of sp³-hybridized carbons (Fsp3) is 0.207. The molecular formula is C29H27ClN4O2. The van der Waals surface area contributed by atoms with Crippen LogP contribution >= 0.6 is 11.6 Å². The van der Waals surface area contributed by atoms with Crippen LogP contribution in [0.1, 0.15) is 22.7 Å². The molecule has 0 spiro atoms. The van der Waals surface area contributed by atoms with Gasteiger partial charge in [0.2, 0.25) is 5.91 Å². The molecule has 0 aliphatic carbocycles. The van der Waals surface area contributed by atoms with E-state index in [1.54, 1.807) is 24.3 Å². The van der Waals surface area contributed by atoms with E-state index >= 15 is 0 Å². The molecule has 6 nitrogen and oxygen atoms in total. The number of carbonyl (C=O) groups excluding carboxylic acids is 1. The van der Waals surface area contributed by atoms with Crippen LogP contribution in [-0.2, 0) is 11.2 Å². The number of hydrogen-bond acceptors (Lipinski definition) is 4. The van der Waals surface area contributed by atoms with Crippen molar-refractivity contribution in [2.75, 3.05) is 26.2 Å². The maximum atomic E-state index is 13.0. The second-order valence-corrected chi connectivity index (χ2v) is 9.35. The molecule has 1 aliphatic heterocycles. The van der Waals surface area contributed by atoms with Crippen LogP contribution in [-0.4, -0.2) is 51.9 Å². The number of hydrogen-bond donors (Lipinski definition) is 1. The van der Waals surface area contributed by atoms with E-state index in [-0.39, 0.29) is 23.9 Å². The van der Waals surface area contributed by atoms with Crippen molar-refractivity contribution in [3.8, 4) is 11.4 Å². The summed E-state index contributed by atoms with van der Waals surface area (Å²) < 4.78 is 0. The number of piperazine rings is 1. The normalized spacial score (nSPS) is 14.2. The molecule has 0 saturated carbocycles. The minimum Gasteiger partial charge on any atom is -0.340 e. The van der Waals surface area contributed by atoms with E-state index in [1.807, 2.05) is 17.0 Å². The third-order valence-electron chi connectivity index (χ3n) is 6.60. The van der Waals surface area contributed by atoms with Crippen LogP contribution in [0.25, 0.3) is 11.4 Å². The highest BCUT2D eigenvalue weighted by Gasteiger charge is 2.28. The van der Waals surface area contributed by atoms with E-state index in [4.69, 9.17) is 11.6 Å². The van der Waals surface area contributed by atoms with E-state index in [0.717, 1.165) is 18.7 Å². The van der Waals surface area contributed by atoms with Crippen molar-refractivity contribution < 1.29 is 4.79 Å². The average molecular weight is 499 g/mol. The predicted octanol–water partition coefficient (Wildman–Crippen LogP) is 4.57. The number of amides is 1. The number of aromatic nitrogens is 2. The van der Waals surface area contributed by atoms with Gasteiger partial charge in [-0.15, -0.1) is 0 Å². The first-order valence-electron chi connectivity index (χ1n) is 12.0. The molecule has 1 aromatic heterocycles. The van der Waals surface area contributed by atoms with Crippen molar-refractivity contribution in [1.82, 2.24) is 19.8 Å². The summed E-state index contributed by atoms with van der Waals surface area (Å²) in [6.07, 6.45) is 1.53. The summed E-state index contributed by atoms with van der Waals surface area (Å²) in [4.78, 5) is 37.1. The molecule has 2 heterocycles. The van der Waals surface area contributed by atoms with Gasteiger partial charge < -0.3 is 9.88 Å². The van der Waals surface area contributed by atoms with Crippen molar-refractivity contribution in [2.24, 2.45) is 0 Å². The molecule has 0 bridgehead atoms. The molecule has 7 heteroatoms. The van der Waals surface area contributed by atoms with E-state index < -0.39 is 0 Å². The molecule has 0 unspecified atom stereocenters. The Morgan fingerprint density at radius 1 is 0.861 bits per heavy atom. The second-order valence-electron chi connectivity index (χ2n) is 8.91. The van der Waals surface area contributed by atoms with E-state index in [2.05, 4.69) is 63.4 Å². The van der Waals surface area contributed by atoms with Crippen LogP contribution in [0.5, 0.6) is 0 Å². The number of benzene rings is 3. The van der Waals surface area contributed by atoms with Crippen LogP contribution in [0.15, 0.2) is 95.9 Å². The van der Waals surface area contributed by atoms with Crippen LogP contribution in [0.4, 0.5) is 0 Å². The molecule has 1 fully saturated rings. The van der Waals surface area contributed by atoms with Crippen LogP contribution in [0.3, 0.4) is 0 Å². The summed E-state index contributed by atoms with van der Waals surface area (Å²) in [6.45, 7) is 2.74. The fourth-order valence-electron chi connectivity index (χ4n) is 4.69. The summed E-state index contributed by atoms with van der Waals surface area (Å²) in [7, 11) is 0. The lowest BCUT2D eigenvalue weighted by Gasteiger charge is -2.39. The molecule has 182 valence electrons. The Labute approximate surface area is 215 Å². The third-order valence-corrected chi connectivity index (χ3v) is 6.85. The Hall–Kier alpha value is -3.74. The quantitative estimate of drug-likeness (QED) is 0.423. The molecule has 0 atom stereocenters. The van der Waals surface area contributed by atoms with Gasteiger partial charge in [0, 0.05) is 48.5 Å². The van der Waals surface area contributed by atoms with Gasteiger partial charge in [-0.25, -0.2) is 4.98 Å². The van der Waals surface area contributed by atoms with Gasteiger partial charge in [0.05, 0.1) is 12.5 Å². The summed E-state index contributed by atoms with van der Waals surface area (Å²) in [6, 6.07) is 28.1. The van der Waals surface area contributed by atoms with Crippen molar-refractivity contribution in [3.63, 3.8) is 0 Å². The smallest absolute Gasteiger partial charge is 0.254 e. The van der Waals surface area contributed by atoms with Gasteiger partial charge in [-0.2, -0.15) is 0 Å². The number of halogens is 1. The number of carbonyl (C=O) groups is 1. The maximum Gasteiger partial charge on any atom is 0.254 e. The zero-order chi connectivity index (χ0) is 24.9. The van der Waals surface area contributed by atoms with Crippen molar-refractivity contribution in [1.29, 1.82) is 0 Å². The molecule has 1 saturated heterocycles. The number of H-pyrrole nitrogens is 1. The van der Waals surface area contributed by atoms with Crippen molar-refractivity contribution in [2.45, 2.75) is 12.5 Å². The first kappa shape index (κ1) is 24.0. The first-order valence-corrected chi connectivity index (χ1v) is 12.4. The highest BCUT2D eigenvalue weighted by molar-refractivity contribution is 6.30. The van der Waals surface area contributed by atoms with Gasteiger partial charge in [-0.1, -0.05) is 72.3 Å². The lowest BCUT2D eigenvalue weighted by atomic mass is 9.96. The Kier molecular flexibility index (Phi) is 7.26. The predicted molar refractivity (Wildman–Crippen MR) is 142 cm³/mol. The summed E-state index contributed by atoms with van der Waals surface area (Å²) in [5.74, 6) is 0.395. The minimum absolute atomic E-state index is 0.0318. The van der Waals surface area contributed by atoms with Crippen molar-refractivity contribution >= 4 is 17.5 Å². The molecule has 0 radical (unpaired) electrons. The molecule has 3 aromatic carbocycles. The molecule has 36 heavy (non-hydrogen) atoms. The number of rotatable bonds is 6. The molecule has 1 N–H and O–H groups in total.